The largest absolute Gasteiger partial charge is 0.0984 e. The van der Waals surface area contributed by atoms with E-state index in [-0.39, 0.29) is 0 Å². The molecule has 0 heteroatoms. The Balaban J connectivity index is 0.000000181. The highest BCUT2D eigenvalue weighted by Gasteiger charge is 1.89. The summed E-state index contributed by atoms with van der Waals surface area (Å²) in [5.41, 5.74) is 2.27. The number of benzene rings is 2. The Morgan fingerprint density at radius 3 is 1.12 bits per heavy atom. The molecule has 0 aliphatic rings. The van der Waals surface area contributed by atoms with E-state index < -0.39 is 0 Å². The summed E-state index contributed by atoms with van der Waals surface area (Å²) in [6.07, 6.45) is 3.66. The molecule has 2 aromatic rings. The maximum Gasteiger partial charge on any atom is -0.0190 e. The van der Waals surface area contributed by atoms with Gasteiger partial charge in [0.15, 0.2) is 0 Å². The van der Waals surface area contributed by atoms with Crippen molar-refractivity contribution in [3.8, 4) is 0 Å². The highest BCUT2D eigenvalue weighted by atomic mass is 13.9. The predicted molar refractivity (Wildman–Crippen MR) is 73.1 cm³/mol. The van der Waals surface area contributed by atoms with Crippen molar-refractivity contribution < 1.29 is 0 Å². The molecule has 0 nitrogen and oxygen atoms in total. The van der Waals surface area contributed by atoms with E-state index in [2.05, 4.69) is 13.2 Å². The average Bonchev–Trinajstić information content (AvgIpc) is 2.41. The van der Waals surface area contributed by atoms with Crippen LogP contribution >= 0.6 is 0 Å². The Morgan fingerprint density at radius 2 is 0.875 bits per heavy atom. The van der Waals surface area contributed by atoms with Crippen LogP contribution in [0.25, 0.3) is 12.2 Å². The molecule has 0 atom stereocenters. The first-order valence-corrected chi connectivity index (χ1v) is 5.22. The van der Waals surface area contributed by atoms with Crippen LogP contribution in [-0.2, 0) is 0 Å². The van der Waals surface area contributed by atoms with Crippen LogP contribution in [0.5, 0.6) is 0 Å². The molecular formula is C16H16. The molecule has 0 radical (unpaired) electrons. The zero-order chi connectivity index (χ0) is 11.6. The second-order valence-corrected chi connectivity index (χ2v) is 3.19. The summed E-state index contributed by atoms with van der Waals surface area (Å²) in [6.45, 7) is 7.38. The van der Waals surface area contributed by atoms with E-state index in [0.29, 0.717) is 0 Å². The van der Waals surface area contributed by atoms with Gasteiger partial charge >= 0.3 is 0 Å². The van der Waals surface area contributed by atoms with Gasteiger partial charge in [-0.2, -0.15) is 0 Å². The maximum absolute atomic E-state index is 3.69. The van der Waals surface area contributed by atoms with E-state index in [1.54, 1.807) is 0 Å². The van der Waals surface area contributed by atoms with E-state index >= 15 is 0 Å². The molecule has 0 saturated carbocycles. The van der Waals surface area contributed by atoms with Crippen molar-refractivity contribution >= 4 is 12.2 Å². The summed E-state index contributed by atoms with van der Waals surface area (Å²) < 4.78 is 0. The third-order valence-corrected chi connectivity index (χ3v) is 2.10. The Morgan fingerprint density at radius 1 is 0.562 bits per heavy atom. The Kier molecular flexibility index (Phi) is 5.43. The van der Waals surface area contributed by atoms with Crippen LogP contribution in [0.3, 0.4) is 0 Å². The van der Waals surface area contributed by atoms with E-state index in [1.807, 2.05) is 72.8 Å². The Labute approximate surface area is 97.6 Å². The molecule has 0 saturated heterocycles. The lowest BCUT2D eigenvalue weighted by Gasteiger charge is -1.96. The van der Waals surface area contributed by atoms with Gasteiger partial charge in [-0.3, -0.25) is 0 Å². The van der Waals surface area contributed by atoms with Crippen molar-refractivity contribution in [2.45, 2.75) is 0 Å². The van der Waals surface area contributed by atoms with Gasteiger partial charge < -0.3 is 0 Å². The van der Waals surface area contributed by atoms with Crippen LogP contribution in [0.2, 0.25) is 0 Å². The molecule has 80 valence electrons. The first kappa shape index (κ1) is 12.0. The smallest absolute Gasteiger partial charge is 0.0190 e. The topological polar surface area (TPSA) is 0 Å². The number of hydrogen-bond acceptors (Lipinski definition) is 0. The van der Waals surface area contributed by atoms with Gasteiger partial charge in [0.1, 0.15) is 0 Å². The van der Waals surface area contributed by atoms with Crippen molar-refractivity contribution in [1.29, 1.82) is 0 Å². The summed E-state index contributed by atoms with van der Waals surface area (Å²) in [4.78, 5) is 0. The quantitative estimate of drug-likeness (QED) is 0.673. The predicted octanol–water partition coefficient (Wildman–Crippen LogP) is 4.66. The molecule has 0 aliphatic heterocycles. The first-order valence-electron chi connectivity index (χ1n) is 5.22. The van der Waals surface area contributed by atoms with Gasteiger partial charge in [0.2, 0.25) is 0 Å². The molecule has 0 aliphatic carbocycles. The van der Waals surface area contributed by atoms with Crippen LogP contribution in [0.15, 0.2) is 73.8 Å². The fraction of sp³-hybridized carbons (Fsp3) is 0. The van der Waals surface area contributed by atoms with Crippen LogP contribution < -0.4 is 0 Å². The fourth-order valence-corrected chi connectivity index (χ4v) is 1.27. The van der Waals surface area contributed by atoms with Crippen molar-refractivity contribution in [2.24, 2.45) is 0 Å². The summed E-state index contributed by atoms with van der Waals surface area (Å²) in [5, 5.41) is 0. The Hall–Kier alpha value is -2.08. The third-order valence-electron chi connectivity index (χ3n) is 2.10. The van der Waals surface area contributed by atoms with Crippen LogP contribution in [-0.4, -0.2) is 0 Å². The molecule has 0 spiro atoms. The van der Waals surface area contributed by atoms with Crippen LogP contribution in [0.1, 0.15) is 11.1 Å². The minimum absolute atomic E-state index is 1.14. The molecular weight excluding hydrogens is 192 g/mol. The summed E-state index contributed by atoms with van der Waals surface area (Å²) in [5.74, 6) is 0. The van der Waals surface area contributed by atoms with Gasteiger partial charge in [-0.05, 0) is 11.1 Å². The van der Waals surface area contributed by atoms with Gasteiger partial charge in [-0.1, -0.05) is 86.0 Å². The second-order valence-electron chi connectivity index (χ2n) is 3.19. The minimum atomic E-state index is 1.14. The molecule has 0 unspecified atom stereocenters. The van der Waals surface area contributed by atoms with E-state index in [1.165, 1.54) is 0 Å². The zero-order valence-electron chi connectivity index (χ0n) is 9.34. The first-order chi connectivity index (χ1) is 7.88. The monoisotopic (exact) mass is 208 g/mol. The number of rotatable bonds is 2. The van der Waals surface area contributed by atoms with Crippen molar-refractivity contribution in [1.82, 2.24) is 0 Å². The summed E-state index contributed by atoms with van der Waals surface area (Å²) in [7, 11) is 0. The molecule has 16 heavy (non-hydrogen) atoms. The van der Waals surface area contributed by atoms with Gasteiger partial charge in [0.05, 0.1) is 0 Å². The zero-order valence-corrected chi connectivity index (χ0v) is 9.34. The lowest BCUT2D eigenvalue weighted by atomic mass is 10.1. The molecule has 2 aromatic carbocycles. The highest BCUT2D eigenvalue weighted by Crippen LogP contribution is 2.10. The average molecular weight is 208 g/mol. The SMILES string of the molecule is C=Cc1ccccc1C=C.c1ccccc1. The van der Waals surface area contributed by atoms with Gasteiger partial charge in [0, 0.05) is 0 Å². The van der Waals surface area contributed by atoms with Gasteiger partial charge in [-0.25, -0.2) is 0 Å². The maximum atomic E-state index is 3.69. The molecule has 0 bridgehead atoms. The second kappa shape index (κ2) is 7.24. The van der Waals surface area contributed by atoms with Crippen molar-refractivity contribution in [3.05, 3.63) is 84.9 Å². The van der Waals surface area contributed by atoms with Gasteiger partial charge in [0.25, 0.3) is 0 Å². The van der Waals surface area contributed by atoms with Crippen LogP contribution in [0, 0.1) is 0 Å². The molecule has 0 heterocycles. The normalized spacial score (nSPS) is 8.50. The molecule has 2 rings (SSSR count). The number of hydrogen-bond donors (Lipinski definition) is 0. The van der Waals surface area contributed by atoms with E-state index in [4.69, 9.17) is 0 Å². The van der Waals surface area contributed by atoms with Gasteiger partial charge in [-0.15, -0.1) is 0 Å². The lowest BCUT2D eigenvalue weighted by molar-refractivity contribution is 1.62. The summed E-state index contributed by atoms with van der Waals surface area (Å²) in [6, 6.07) is 20.0. The highest BCUT2D eigenvalue weighted by molar-refractivity contribution is 5.63. The lowest BCUT2D eigenvalue weighted by Crippen LogP contribution is -1.76. The van der Waals surface area contributed by atoms with Crippen LogP contribution in [0.4, 0.5) is 0 Å². The Bertz CT molecular complexity index is 373. The third kappa shape index (κ3) is 3.97. The molecule has 0 N–H and O–H groups in total. The minimum Gasteiger partial charge on any atom is -0.0984 e. The van der Waals surface area contributed by atoms with E-state index in [0.717, 1.165) is 11.1 Å². The molecule has 0 aromatic heterocycles. The standard InChI is InChI=1S/C10H10.C6H6/c1-3-9-7-5-6-8-10(9)4-2;1-2-4-6-5-3-1/h3-8H,1-2H2;1-6H. The fourth-order valence-electron chi connectivity index (χ4n) is 1.27. The molecule has 0 amide bonds. The van der Waals surface area contributed by atoms with E-state index in [9.17, 15) is 0 Å². The summed E-state index contributed by atoms with van der Waals surface area (Å²) >= 11 is 0. The van der Waals surface area contributed by atoms with Crippen molar-refractivity contribution in [2.75, 3.05) is 0 Å². The molecule has 0 fully saturated rings. The van der Waals surface area contributed by atoms with Crippen molar-refractivity contribution in [3.63, 3.8) is 0 Å².